The molecule has 2 aliphatic rings. The van der Waals surface area contributed by atoms with Crippen molar-refractivity contribution >= 4 is 23.6 Å². The molecule has 0 amide bonds. The molecule has 0 unspecified atom stereocenters. The molecule has 0 N–H and O–H groups in total. The predicted molar refractivity (Wildman–Crippen MR) is 135 cm³/mol. The van der Waals surface area contributed by atoms with Gasteiger partial charge in [0.25, 0.3) is 0 Å². The van der Waals surface area contributed by atoms with Gasteiger partial charge in [-0.25, -0.2) is 0 Å². The molecule has 1 heterocycles. The van der Waals surface area contributed by atoms with E-state index in [4.69, 9.17) is 4.52 Å². The van der Waals surface area contributed by atoms with Gasteiger partial charge in [0, 0.05) is 0 Å². The molecule has 0 radical (unpaired) electrons. The molecule has 1 saturated heterocycles. The van der Waals surface area contributed by atoms with Gasteiger partial charge in [-0.15, -0.1) is 0 Å². The Morgan fingerprint density at radius 3 is 1.94 bits per heavy atom. The Bertz CT molecular complexity index is 1180. The average molecular weight is 459 g/mol. The van der Waals surface area contributed by atoms with Gasteiger partial charge in [-0.3, -0.25) is 0 Å². The summed E-state index contributed by atoms with van der Waals surface area (Å²) < 4.78 is 6.87. The molecule has 1 saturated carbocycles. The minimum absolute atomic E-state index is 0.0197. The third-order valence-corrected chi connectivity index (χ3v) is 14.6. The second kappa shape index (κ2) is 7.92. The average Bonchev–Trinajstić information content (AvgIpc) is 3.37. The summed E-state index contributed by atoms with van der Waals surface area (Å²) >= 11 is 0. The van der Waals surface area contributed by atoms with Crippen molar-refractivity contribution in [2.24, 2.45) is 11.3 Å². The van der Waals surface area contributed by atoms with Crippen LogP contribution in [0, 0.1) is 11.3 Å². The maximum absolute atomic E-state index is 14.9. The summed E-state index contributed by atoms with van der Waals surface area (Å²) in [4.78, 5) is 28.6. The van der Waals surface area contributed by atoms with Crippen LogP contribution in [0.5, 0.6) is 0 Å². The van der Waals surface area contributed by atoms with Crippen molar-refractivity contribution in [1.29, 1.82) is 0 Å². The maximum atomic E-state index is 14.9. The zero-order valence-electron chi connectivity index (χ0n) is 19.3. The van der Waals surface area contributed by atoms with Crippen molar-refractivity contribution in [1.82, 2.24) is 0 Å². The molecule has 33 heavy (non-hydrogen) atoms. The minimum atomic E-state index is -3.93. The van der Waals surface area contributed by atoms with E-state index in [9.17, 15) is 9.59 Å². The molecule has 3 aromatic rings. The van der Waals surface area contributed by atoms with Gasteiger partial charge in [0.05, 0.1) is 0 Å². The Balaban J connectivity index is 1.82. The van der Waals surface area contributed by atoms with E-state index >= 15 is 0 Å². The third-order valence-electron chi connectivity index (χ3n) is 8.03. The van der Waals surface area contributed by atoms with Crippen molar-refractivity contribution < 1.29 is 14.1 Å². The molecular formula is C29H31O3P. The first-order valence-corrected chi connectivity index (χ1v) is 14.2. The van der Waals surface area contributed by atoms with Gasteiger partial charge in [0.1, 0.15) is 0 Å². The van der Waals surface area contributed by atoms with Crippen LogP contribution in [0.15, 0.2) is 91.0 Å². The summed E-state index contributed by atoms with van der Waals surface area (Å²) in [6.07, 6.45) is 3.66. The normalized spacial score (nSPS) is 25.3. The van der Waals surface area contributed by atoms with Crippen molar-refractivity contribution in [3.05, 3.63) is 102 Å². The van der Waals surface area contributed by atoms with Gasteiger partial charge in [-0.05, 0) is 0 Å². The quantitative estimate of drug-likeness (QED) is 0.400. The van der Waals surface area contributed by atoms with E-state index in [0.29, 0.717) is 23.2 Å². The number of hydrogen-bond donors (Lipinski definition) is 0. The predicted octanol–water partition coefficient (Wildman–Crippen LogP) is 6.69. The summed E-state index contributed by atoms with van der Waals surface area (Å²) in [6.45, 7) is 0.603. The topological polar surface area (TPSA) is 43.4 Å². The fraction of sp³-hybridized carbons (Fsp3) is 0.310. The monoisotopic (exact) mass is 458 g/mol. The van der Waals surface area contributed by atoms with Gasteiger partial charge >= 0.3 is 196 Å². The van der Waals surface area contributed by atoms with Gasteiger partial charge in [-0.2, -0.15) is 0 Å². The summed E-state index contributed by atoms with van der Waals surface area (Å²) in [5.74, 6) is -0.00106. The van der Waals surface area contributed by atoms with Crippen LogP contribution in [0.1, 0.15) is 53.8 Å². The molecule has 3 aromatic carbocycles. The molecule has 2 fully saturated rings. The van der Waals surface area contributed by atoms with E-state index in [2.05, 4.69) is 13.8 Å². The zero-order chi connectivity index (χ0) is 23.1. The van der Waals surface area contributed by atoms with E-state index in [1.807, 2.05) is 78.9 Å². The SMILES string of the molecule is CC1(C)CC[C@H]2CCP(OC(=O)c3ccccc3)(C(=O)c3ccccc3)(c3ccccc3)[C@H]21. The molecule has 3 nitrogen and oxygen atoms in total. The molecule has 0 bridgehead atoms. The molecule has 170 valence electrons. The Morgan fingerprint density at radius 2 is 1.33 bits per heavy atom. The first-order valence-electron chi connectivity index (χ1n) is 11.8. The van der Waals surface area contributed by atoms with Crippen LogP contribution in [0.2, 0.25) is 0 Å². The van der Waals surface area contributed by atoms with Crippen molar-refractivity contribution in [2.45, 2.75) is 38.8 Å². The Kier molecular flexibility index (Phi) is 5.29. The van der Waals surface area contributed by atoms with Gasteiger partial charge in [-0.1, -0.05) is 0 Å². The molecule has 0 spiro atoms. The van der Waals surface area contributed by atoms with E-state index in [1.54, 1.807) is 12.1 Å². The van der Waals surface area contributed by atoms with E-state index in [0.717, 1.165) is 24.6 Å². The van der Waals surface area contributed by atoms with Crippen LogP contribution in [-0.2, 0) is 4.52 Å². The molecule has 4 heteroatoms. The Labute approximate surface area is 196 Å². The van der Waals surface area contributed by atoms with Crippen LogP contribution < -0.4 is 5.30 Å². The Morgan fingerprint density at radius 1 is 0.788 bits per heavy atom. The van der Waals surface area contributed by atoms with Crippen molar-refractivity contribution in [3.63, 3.8) is 0 Å². The van der Waals surface area contributed by atoms with Crippen LogP contribution in [0.4, 0.5) is 0 Å². The molecule has 5 rings (SSSR count). The molecule has 2 atom stereocenters. The fourth-order valence-corrected chi connectivity index (χ4v) is 14.4. The van der Waals surface area contributed by atoms with Gasteiger partial charge < -0.3 is 0 Å². The van der Waals surface area contributed by atoms with Gasteiger partial charge in [0.15, 0.2) is 0 Å². The summed E-state index contributed by atoms with van der Waals surface area (Å²) in [6, 6.07) is 28.6. The Hall–Kier alpha value is -2.77. The van der Waals surface area contributed by atoms with E-state index in [-0.39, 0.29) is 22.6 Å². The number of benzene rings is 3. The van der Waals surface area contributed by atoms with Crippen molar-refractivity contribution in [2.75, 3.05) is 6.16 Å². The molecular weight excluding hydrogens is 427 g/mol. The number of fused-ring (bicyclic) bond motifs is 1. The number of rotatable bonds is 5. The first-order chi connectivity index (χ1) is 15.9. The molecule has 0 aromatic heterocycles. The van der Waals surface area contributed by atoms with Crippen LogP contribution in [0.25, 0.3) is 0 Å². The van der Waals surface area contributed by atoms with E-state index < -0.39 is 6.83 Å². The van der Waals surface area contributed by atoms with Crippen LogP contribution in [0.3, 0.4) is 0 Å². The second-order valence-corrected chi connectivity index (χ2v) is 15.0. The molecule has 1 aliphatic carbocycles. The zero-order valence-corrected chi connectivity index (χ0v) is 20.2. The molecule has 1 aliphatic heterocycles. The summed E-state index contributed by atoms with van der Waals surface area (Å²) in [5, 5.41) is 0.920. The summed E-state index contributed by atoms with van der Waals surface area (Å²) in [7, 11) is 0. The first kappa shape index (κ1) is 22.0. The number of carbonyl (C=O) groups is 2. The van der Waals surface area contributed by atoms with E-state index in [1.165, 1.54) is 0 Å². The third kappa shape index (κ3) is 3.21. The van der Waals surface area contributed by atoms with Crippen LogP contribution in [-0.4, -0.2) is 23.3 Å². The number of carbonyl (C=O) groups excluding carboxylic acids is 2. The fourth-order valence-electron chi connectivity index (χ4n) is 6.82. The van der Waals surface area contributed by atoms with Crippen LogP contribution >= 0.6 is 6.83 Å². The summed E-state index contributed by atoms with van der Waals surface area (Å²) in [5.41, 5.74) is 1.09. The van der Waals surface area contributed by atoms with Crippen molar-refractivity contribution in [3.8, 4) is 0 Å². The second-order valence-electron chi connectivity index (χ2n) is 10.3. The number of hydrogen-bond acceptors (Lipinski definition) is 3. The van der Waals surface area contributed by atoms with Gasteiger partial charge in [0.2, 0.25) is 0 Å². The standard InChI is InChI=1S/C29H31O3P/c1-29(2)20-18-22-19-21-33(26(22)29,25-16-10-5-11-17-25,28(31)24-14-8-4-9-15-24)32-27(30)23-12-6-3-7-13-23/h3-17,22,26H,18-21H2,1-2H3/t22-,26+/m0/s1.